The van der Waals surface area contributed by atoms with E-state index in [-0.39, 0.29) is 5.91 Å². The van der Waals surface area contributed by atoms with Crippen molar-refractivity contribution in [3.05, 3.63) is 61.0 Å². The maximum Gasteiger partial charge on any atom is 0.227 e. The first-order valence-electron chi connectivity index (χ1n) is 10.4. The van der Waals surface area contributed by atoms with Gasteiger partial charge in [0.2, 0.25) is 5.91 Å². The monoisotopic (exact) mass is 501 g/mol. The summed E-state index contributed by atoms with van der Waals surface area (Å²) in [5.74, 6) is 0.150. The minimum absolute atomic E-state index is 0.150. The maximum atomic E-state index is 12.7. The van der Waals surface area contributed by atoms with Crippen LogP contribution in [0.25, 0.3) is 0 Å². The molecule has 0 atom stereocenters. The van der Waals surface area contributed by atoms with Gasteiger partial charge in [0.1, 0.15) is 0 Å². The largest absolute Gasteiger partial charge is 0.396 e. The van der Waals surface area contributed by atoms with Crippen LogP contribution in [0.1, 0.15) is 29.5 Å². The van der Waals surface area contributed by atoms with Gasteiger partial charge in [0.15, 0.2) is 0 Å². The van der Waals surface area contributed by atoms with Crippen LogP contribution in [0.15, 0.2) is 24.3 Å². The van der Waals surface area contributed by atoms with Gasteiger partial charge in [0.05, 0.1) is 32.2 Å². The second-order valence-corrected chi connectivity index (χ2v) is 9.70. The molecule has 0 unspecified atom stereocenters. The van der Waals surface area contributed by atoms with E-state index in [4.69, 9.17) is 52.1 Å². The van der Waals surface area contributed by atoms with Gasteiger partial charge in [-0.25, -0.2) is 0 Å². The van der Waals surface area contributed by atoms with Crippen LogP contribution in [-0.2, 0) is 24.1 Å². The molecule has 3 rings (SSSR count). The third-order valence-corrected chi connectivity index (χ3v) is 7.05. The summed E-state index contributed by atoms with van der Waals surface area (Å²) in [6, 6.07) is 7.49. The predicted molar refractivity (Wildman–Crippen MR) is 132 cm³/mol. The van der Waals surface area contributed by atoms with Crippen LogP contribution >= 0.6 is 46.4 Å². The molecule has 0 bridgehead atoms. The molecule has 0 spiro atoms. The Morgan fingerprint density at radius 2 is 1.55 bits per heavy atom. The highest BCUT2D eigenvalue weighted by Crippen LogP contribution is 2.30. The summed E-state index contributed by atoms with van der Waals surface area (Å²) in [5, 5.41) is 2.06. The van der Waals surface area contributed by atoms with E-state index in [0.717, 1.165) is 62.0 Å². The summed E-state index contributed by atoms with van der Waals surface area (Å²) in [6.45, 7) is 3.35. The molecule has 1 aliphatic heterocycles. The van der Waals surface area contributed by atoms with Crippen LogP contribution in [-0.4, -0.2) is 48.9 Å². The first-order valence-corrected chi connectivity index (χ1v) is 11.9. The number of rotatable bonds is 8. The topological polar surface area (TPSA) is 49.6 Å². The van der Waals surface area contributed by atoms with Crippen molar-refractivity contribution in [1.82, 2.24) is 9.80 Å². The summed E-state index contributed by atoms with van der Waals surface area (Å²) in [6.07, 6.45) is 4.00. The SMILES string of the molecule is CN(CCCc1cc(Cl)c(N)c(Cl)c1)CCCN1CCc2cc(Cl)c(Cl)cc2CC1=O. The van der Waals surface area contributed by atoms with Crippen LogP contribution in [0.5, 0.6) is 0 Å². The van der Waals surface area contributed by atoms with Crippen molar-refractivity contribution in [2.24, 2.45) is 0 Å². The Morgan fingerprint density at radius 1 is 0.935 bits per heavy atom. The summed E-state index contributed by atoms with van der Waals surface area (Å²) >= 11 is 24.5. The Morgan fingerprint density at radius 3 is 2.23 bits per heavy atom. The Hall–Kier alpha value is -1.17. The quantitative estimate of drug-likeness (QED) is 0.466. The number of aryl methyl sites for hydroxylation is 1. The summed E-state index contributed by atoms with van der Waals surface area (Å²) in [7, 11) is 2.10. The van der Waals surface area contributed by atoms with Crippen molar-refractivity contribution in [2.45, 2.75) is 32.1 Å². The molecule has 1 amide bonds. The van der Waals surface area contributed by atoms with E-state index in [1.165, 1.54) is 0 Å². The molecule has 31 heavy (non-hydrogen) atoms. The van der Waals surface area contributed by atoms with Gasteiger partial charge in [0, 0.05) is 13.1 Å². The van der Waals surface area contributed by atoms with E-state index in [2.05, 4.69) is 11.9 Å². The molecule has 168 valence electrons. The summed E-state index contributed by atoms with van der Waals surface area (Å²) < 4.78 is 0. The van der Waals surface area contributed by atoms with Gasteiger partial charge in [-0.2, -0.15) is 0 Å². The number of halogens is 4. The molecule has 4 nitrogen and oxygen atoms in total. The molecule has 1 aliphatic rings. The predicted octanol–water partition coefficient (Wildman–Crippen LogP) is 5.76. The third kappa shape index (κ3) is 6.66. The number of benzene rings is 2. The van der Waals surface area contributed by atoms with Gasteiger partial charge in [-0.15, -0.1) is 0 Å². The highest BCUT2D eigenvalue weighted by Gasteiger charge is 2.21. The Bertz CT molecular complexity index is 928. The number of nitrogen functional groups attached to an aromatic ring is 1. The molecule has 2 N–H and O–H groups in total. The van der Waals surface area contributed by atoms with Crippen molar-refractivity contribution in [1.29, 1.82) is 0 Å². The van der Waals surface area contributed by atoms with E-state index in [1.807, 2.05) is 29.2 Å². The molecule has 8 heteroatoms. The van der Waals surface area contributed by atoms with Gasteiger partial charge in [0.25, 0.3) is 0 Å². The molecular weight excluding hydrogens is 476 g/mol. The number of hydrogen-bond donors (Lipinski definition) is 1. The summed E-state index contributed by atoms with van der Waals surface area (Å²) in [5.41, 5.74) is 9.42. The normalized spacial score (nSPS) is 14.1. The number of anilines is 1. The van der Waals surface area contributed by atoms with Crippen molar-refractivity contribution in [3.63, 3.8) is 0 Å². The molecule has 0 fully saturated rings. The number of nitrogens with two attached hydrogens (primary N) is 1. The molecular formula is C23H27Cl4N3O. The van der Waals surface area contributed by atoms with E-state index < -0.39 is 0 Å². The average Bonchev–Trinajstić information content (AvgIpc) is 2.85. The second-order valence-electron chi connectivity index (χ2n) is 8.08. The molecule has 2 aromatic rings. The number of carbonyl (C=O) groups is 1. The van der Waals surface area contributed by atoms with Crippen molar-refractivity contribution in [3.8, 4) is 0 Å². The molecule has 0 aliphatic carbocycles. The van der Waals surface area contributed by atoms with Gasteiger partial charge >= 0.3 is 0 Å². The van der Waals surface area contributed by atoms with E-state index >= 15 is 0 Å². The zero-order valence-electron chi connectivity index (χ0n) is 17.6. The number of nitrogens with zero attached hydrogens (tertiary/aromatic N) is 2. The second kappa shape index (κ2) is 11.1. The zero-order valence-corrected chi connectivity index (χ0v) is 20.6. The Kier molecular flexibility index (Phi) is 8.77. The van der Waals surface area contributed by atoms with Crippen LogP contribution in [0.4, 0.5) is 5.69 Å². The van der Waals surface area contributed by atoms with E-state index in [0.29, 0.717) is 38.7 Å². The van der Waals surface area contributed by atoms with Gasteiger partial charge in [-0.3, -0.25) is 4.79 Å². The minimum Gasteiger partial charge on any atom is -0.396 e. The molecule has 0 aromatic heterocycles. The Balaban J connectivity index is 1.41. The van der Waals surface area contributed by atoms with Crippen LogP contribution in [0.3, 0.4) is 0 Å². The number of fused-ring (bicyclic) bond motifs is 1. The van der Waals surface area contributed by atoms with Crippen molar-refractivity contribution in [2.75, 3.05) is 39.0 Å². The van der Waals surface area contributed by atoms with Crippen molar-refractivity contribution < 1.29 is 4.79 Å². The van der Waals surface area contributed by atoms with E-state index in [9.17, 15) is 4.79 Å². The maximum absolute atomic E-state index is 12.7. The van der Waals surface area contributed by atoms with Gasteiger partial charge in [-0.05, 0) is 86.8 Å². The highest BCUT2D eigenvalue weighted by atomic mass is 35.5. The fraction of sp³-hybridized carbons (Fsp3) is 0.435. The zero-order chi connectivity index (χ0) is 22.5. The molecule has 0 saturated heterocycles. The number of amides is 1. The van der Waals surface area contributed by atoms with Gasteiger partial charge in [-0.1, -0.05) is 46.4 Å². The molecule has 0 saturated carbocycles. The first-order chi connectivity index (χ1) is 14.7. The average molecular weight is 503 g/mol. The molecule has 0 radical (unpaired) electrons. The fourth-order valence-corrected chi connectivity index (χ4v) is 4.80. The number of hydrogen-bond acceptors (Lipinski definition) is 3. The van der Waals surface area contributed by atoms with Crippen molar-refractivity contribution >= 4 is 58.0 Å². The standard InChI is InChI=1S/C23H27Cl4N3O/c1-29(6-2-4-15-10-20(26)23(28)21(27)11-15)7-3-8-30-9-5-16-12-18(24)19(25)13-17(16)14-22(30)31/h10-13H,2-9,14,28H2,1H3. The van der Waals surface area contributed by atoms with Gasteiger partial charge < -0.3 is 15.5 Å². The third-order valence-electron chi connectivity index (χ3n) is 5.70. The van der Waals surface area contributed by atoms with Crippen LogP contribution < -0.4 is 5.73 Å². The Labute approximate surface area is 204 Å². The van der Waals surface area contributed by atoms with E-state index in [1.54, 1.807) is 0 Å². The smallest absolute Gasteiger partial charge is 0.227 e. The fourth-order valence-electron chi connectivity index (χ4n) is 3.90. The minimum atomic E-state index is 0.150. The molecule has 2 aromatic carbocycles. The summed E-state index contributed by atoms with van der Waals surface area (Å²) in [4.78, 5) is 16.9. The highest BCUT2D eigenvalue weighted by molar-refractivity contribution is 6.42. The lowest BCUT2D eigenvalue weighted by molar-refractivity contribution is -0.130. The van der Waals surface area contributed by atoms with Crippen LogP contribution in [0.2, 0.25) is 20.1 Å². The lowest BCUT2D eigenvalue weighted by Crippen LogP contribution is -2.35. The van der Waals surface area contributed by atoms with Crippen LogP contribution in [0, 0.1) is 0 Å². The number of carbonyl (C=O) groups excluding carboxylic acids is 1. The lowest BCUT2D eigenvalue weighted by Gasteiger charge is -2.23. The lowest BCUT2D eigenvalue weighted by atomic mass is 10.0. The molecule has 1 heterocycles. The first kappa shape index (κ1) is 24.5.